The fourth-order valence-electron chi connectivity index (χ4n) is 23.9. The Labute approximate surface area is 864 Å². The van der Waals surface area contributed by atoms with Gasteiger partial charge in [0.2, 0.25) is 59.3 Å². The highest BCUT2D eigenvalue weighted by Gasteiger charge is 2.57. The van der Waals surface area contributed by atoms with Gasteiger partial charge in [0.05, 0.1) is 23.1 Å². The van der Waals surface area contributed by atoms with Crippen LogP contribution in [0.3, 0.4) is 0 Å². The summed E-state index contributed by atoms with van der Waals surface area (Å²) in [5.74, 6) is -15.7. The third-order valence-corrected chi connectivity index (χ3v) is 31.6. The number of hydrogen-bond donors (Lipinski definition) is 19. The molecular formula is C110H114ClN11O28. The lowest BCUT2D eigenvalue weighted by Gasteiger charge is -2.54. The van der Waals surface area contributed by atoms with Crippen molar-refractivity contribution < 1.29 is 137 Å². The topological polar surface area (TPSA) is 567 Å². The molecule has 39 nitrogen and oxygen atoms in total. The number of phenols is 3. The van der Waals surface area contributed by atoms with Crippen molar-refractivity contribution in [2.24, 2.45) is 29.6 Å². The molecule has 7 fully saturated rings. The number of nitrogens with zero attached hydrogens (tertiary/aromatic N) is 1. The predicted molar refractivity (Wildman–Crippen MR) is 532 cm³/mol. The van der Waals surface area contributed by atoms with Crippen molar-refractivity contribution in [1.82, 2.24) is 58.1 Å². The van der Waals surface area contributed by atoms with Gasteiger partial charge < -0.3 is 132 Å². The number of fused-ring (bicyclic) bond motifs is 22. The molecule has 0 radical (unpaired) electrons. The number of aromatic hydroxyl groups is 3. The van der Waals surface area contributed by atoms with Crippen molar-refractivity contribution in [2.75, 3.05) is 20.3 Å². The van der Waals surface area contributed by atoms with Gasteiger partial charge in [0.25, 0.3) is 0 Å². The number of benzene rings is 9. The van der Waals surface area contributed by atoms with Gasteiger partial charge in [0.15, 0.2) is 23.9 Å². The molecule has 19 N–H and O–H groups in total. The molecule has 1 unspecified atom stereocenters. The Kier molecular flexibility index (Phi) is 27.5. The number of likely N-dealkylation sites (N-methyl/N-ethyl adjacent to an activating group) is 1. The first-order valence-corrected chi connectivity index (χ1v) is 50.8. The highest BCUT2D eigenvalue weighted by molar-refractivity contribution is 6.32. The summed E-state index contributed by atoms with van der Waals surface area (Å²) in [5.41, 5.74) is 2.51. The predicted octanol–water partition coefficient (Wildman–Crippen LogP) is 9.11. The quantitative estimate of drug-likeness (QED) is 0.0404. The maximum Gasteiger partial charge on any atom is 0.410 e. The van der Waals surface area contributed by atoms with E-state index in [9.17, 15) is 65.1 Å². The Balaban J connectivity index is 0.698. The van der Waals surface area contributed by atoms with Gasteiger partial charge in [0.1, 0.15) is 127 Å². The van der Waals surface area contributed by atoms with Gasteiger partial charge in [-0.1, -0.05) is 141 Å². The summed E-state index contributed by atoms with van der Waals surface area (Å²) in [4.78, 5) is 172. The summed E-state index contributed by atoms with van der Waals surface area (Å²) in [6.45, 7) is 6.07. The molecule has 0 spiro atoms. The van der Waals surface area contributed by atoms with Crippen LogP contribution in [0.4, 0.5) is 14.4 Å². The molecule has 2 saturated heterocycles. The van der Waals surface area contributed by atoms with E-state index in [1.54, 1.807) is 13.8 Å². The van der Waals surface area contributed by atoms with Crippen molar-refractivity contribution in [3.8, 4) is 79.4 Å². The summed E-state index contributed by atoms with van der Waals surface area (Å²) in [7, 11) is 1.28. The first-order chi connectivity index (χ1) is 71.9. The molecule has 40 heteroatoms. The number of aliphatic hydroxyl groups is 6. The smallest absolute Gasteiger partial charge is 0.410 e. The zero-order valence-corrected chi connectivity index (χ0v) is 82.7. The molecule has 24 rings (SSSR count). The van der Waals surface area contributed by atoms with E-state index >= 15 is 33.6 Å². The van der Waals surface area contributed by atoms with Crippen molar-refractivity contribution in [2.45, 2.75) is 231 Å². The molecule has 9 aromatic rings. The molecular weight excluding hydrogens is 1960 g/mol. The van der Waals surface area contributed by atoms with Crippen LogP contribution in [-0.4, -0.2) is 228 Å². The molecule has 8 aliphatic heterocycles. The van der Waals surface area contributed by atoms with Crippen LogP contribution in [0, 0.1) is 29.6 Å². The van der Waals surface area contributed by atoms with E-state index in [-0.39, 0.29) is 65.7 Å². The highest BCUT2D eigenvalue weighted by atomic mass is 35.5. The van der Waals surface area contributed by atoms with Gasteiger partial charge in [-0.2, -0.15) is 0 Å². The second kappa shape index (κ2) is 40.8. The van der Waals surface area contributed by atoms with Crippen molar-refractivity contribution in [3.63, 3.8) is 0 Å². The minimum absolute atomic E-state index is 0.0341. The Morgan fingerprint density at radius 2 is 1.13 bits per heavy atom. The summed E-state index contributed by atoms with van der Waals surface area (Å²) in [6.07, 6.45) is -20.8. The summed E-state index contributed by atoms with van der Waals surface area (Å²) < 4.78 is 52.9. The molecule has 19 atom stereocenters. The molecule has 5 saturated carbocycles. The van der Waals surface area contributed by atoms with Crippen LogP contribution in [0.25, 0.3) is 33.4 Å². The highest BCUT2D eigenvalue weighted by Crippen LogP contribution is 2.57. The number of carbonyl (C=O) groups excluding carboxylic acids is 11. The number of hydrogen-bond acceptors (Lipinski definition) is 28. The number of alkyl carbamates (subject to hydrolysis) is 1. The second-order valence-corrected chi connectivity index (χ2v) is 42.3. The number of urea groups is 1. The van der Waals surface area contributed by atoms with Crippen LogP contribution in [0.15, 0.2) is 176 Å². The van der Waals surface area contributed by atoms with Crippen molar-refractivity contribution in [1.29, 1.82) is 0 Å². The van der Waals surface area contributed by atoms with E-state index in [1.165, 1.54) is 39.1 Å². The van der Waals surface area contributed by atoms with E-state index in [0.29, 0.717) is 24.7 Å². The van der Waals surface area contributed by atoms with E-state index < -0.39 is 285 Å². The number of phenolic OH excluding ortho intramolecular Hbond substituents is 3. The molecule has 18 bridgehead atoms. The molecule has 0 aromatic heterocycles. The first-order valence-electron chi connectivity index (χ1n) is 50.4. The first kappa shape index (κ1) is 101. The molecule has 9 aromatic carbocycles. The third kappa shape index (κ3) is 19.6. The third-order valence-electron chi connectivity index (χ3n) is 31.3. The molecule has 12 amide bonds. The standard InChI is InChI=1S/C110H114ClN11O28/c1-47(2)30-74(122(5)109(142)144-46-71-65-20-12-8-16-61(65)62-17-9-13-21-66(62)71)100(134)119-88-90(127)52-23-28-77-68(37-52)92(129)96-93(130)94(131)97(148-82-44-110(4,98(132)48(3)145-82)121-108(141)143-45-70-63-18-10-6-14-59(63)60-15-7-11-19-64(60)70)106(150-96)149-95-79(146-77)39-56-40-80(95)147-78-29-24-53(38-72(78)111)91(128)89-105(139)118-87(103(137)115-84-54-32-49-31-50(34-54)35-55(84)33-49)69-41-58(123)42-76(125)83(69)67-36-51(22-27-75(67)124)85(101(135)120-89)117-102(136)86(56)116-99(133)73(113-104(88)138)43-81(126)114-107(140)112-57-25-26-57/h6-24,27-29,36-42,47-50,54-55,57,70-71,73-74,82,84-94,96-98,106,123-125,127-132H,25-26,30-35,43-46H2,1-5H3,(H,113,138)(H,115,137)(H,116,133)(H,117,136)(H,118,139)(H,119,134)(H,120,135)(H,121,141)(H2,112,114,126,140)/t48-,49?,50?,54?,55?,73-,74+,82-,84?,85+,86+,87-,88+,89-,90+,91+,92?,93-,94-,96+,97+,98+,106+,110-/m0/s1. The second-order valence-electron chi connectivity index (χ2n) is 41.9. The summed E-state index contributed by atoms with van der Waals surface area (Å²) >= 11 is 7.40. The van der Waals surface area contributed by atoms with Crippen LogP contribution in [0.2, 0.25) is 5.02 Å². The average molecular weight is 2070 g/mol. The maximum absolute atomic E-state index is 17.0. The number of aliphatic hydroxyl groups excluding tert-OH is 6. The van der Waals surface area contributed by atoms with E-state index in [1.807, 2.05) is 97.1 Å². The largest absolute Gasteiger partial charge is 0.508 e. The average Bonchev–Trinajstić information content (AvgIpc) is 1.33. The van der Waals surface area contributed by atoms with Crippen LogP contribution < -0.4 is 67.4 Å². The lowest BCUT2D eigenvalue weighted by molar-refractivity contribution is -0.340. The normalized spacial score (nSPS) is 29.0. The van der Waals surface area contributed by atoms with E-state index in [4.69, 9.17) is 49.5 Å². The molecule has 7 aliphatic carbocycles. The molecule has 8 heterocycles. The van der Waals surface area contributed by atoms with Crippen molar-refractivity contribution in [3.05, 3.63) is 237 Å². The minimum Gasteiger partial charge on any atom is -0.508 e. The van der Waals surface area contributed by atoms with Gasteiger partial charge in [-0.3, -0.25) is 48.6 Å². The SMILES string of the molecule is CC(C)C[C@H](C(=O)N[C@H]1C(=O)N[C@@H](CC(=O)NC(=O)NC2CC2)C(=O)N[C@H]2C(=O)N[C@H]3C(=O)N[C@H](C(=O)N[C@H](C(=O)NC4C5CC6CC(C5)CC4C6)c4cc(O)cc(O)c4-c4cc3ccc4O)[C@H](O)c3ccc(c(Cl)c3)Oc3cc2cc2c3O[C@@H]3O[C@H](C(O)c4cc(ccc4O2)[C@H]1O)[C@@H](O)[C@H](O)[C@H]3O[C@H]1C[C@](C)(NC(=O)OCC2c3ccccc3-c3ccccc32)[C@H](O)[C@H](C)O1)N(C)C(=O)OCC1c2ccccc2-c2ccccc21. The Morgan fingerprint density at radius 3 is 1.75 bits per heavy atom. The van der Waals surface area contributed by atoms with Gasteiger partial charge in [-0.25, -0.2) is 14.4 Å². The fourth-order valence-corrected chi connectivity index (χ4v) is 24.1. The Bertz CT molecular complexity index is 6810. The number of nitrogens with one attached hydrogen (secondary N) is 10. The van der Waals surface area contributed by atoms with Crippen molar-refractivity contribution >= 4 is 77.1 Å². The molecule has 15 aliphatic rings. The Hall–Kier alpha value is -14.5. The van der Waals surface area contributed by atoms with Gasteiger partial charge in [-0.05, 0) is 222 Å². The summed E-state index contributed by atoms with van der Waals surface area (Å²) in [6, 6.07) is 27.7. The van der Waals surface area contributed by atoms with Gasteiger partial charge in [0, 0.05) is 60.1 Å². The number of imide groups is 1. The zero-order valence-electron chi connectivity index (χ0n) is 81.9. The minimum atomic E-state index is -2.47. The maximum atomic E-state index is 17.0. The lowest BCUT2D eigenvalue weighted by atomic mass is 9.54. The number of rotatable bonds is 17. The Morgan fingerprint density at radius 1 is 0.547 bits per heavy atom. The monoisotopic (exact) mass is 2070 g/mol. The van der Waals surface area contributed by atoms with Crippen LogP contribution in [0.1, 0.15) is 196 Å². The van der Waals surface area contributed by atoms with Crippen LogP contribution in [-0.2, 0) is 62.0 Å². The molecule has 150 heavy (non-hydrogen) atoms. The van der Waals surface area contributed by atoms with Gasteiger partial charge in [-0.15, -0.1) is 0 Å². The number of carbonyl (C=O) groups is 11. The molecule has 784 valence electrons. The lowest BCUT2D eigenvalue weighted by Crippen LogP contribution is -2.66. The van der Waals surface area contributed by atoms with Gasteiger partial charge >= 0.3 is 18.2 Å². The van der Waals surface area contributed by atoms with Crippen LogP contribution in [0.5, 0.6) is 46.0 Å². The van der Waals surface area contributed by atoms with E-state index in [0.717, 1.165) is 142 Å². The van der Waals surface area contributed by atoms with Crippen LogP contribution >= 0.6 is 11.6 Å². The van der Waals surface area contributed by atoms with E-state index in [2.05, 4.69) is 53.2 Å². The summed E-state index contributed by atoms with van der Waals surface area (Å²) in [5, 5.41) is 140. The number of ether oxygens (including phenoxy) is 8. The fraction of sp³-hybridized carbons (Fsp3) is 0.409. The zero-order chi connectivity index (χ0) is 105. The number of amides is 12. The number of halogens is 1.